The highest BCUT2D eigenvalue weighted by molar-refractivity contribution is 7.86. The van der Waals surface area contributed by atoms with Crippen molar-refractivity contribution < 1.29 is 44.7 Å². The third-order valence-electron chi connectivity index (χ3n) is 7.23. The normalized spacial score (nSPS) is 12.8. The van der Waals surface area contributed by atoms with Crippen LogP contribution >= 0.6 is 0 Å². The minimum atomic E-state index is -5.02. The Morgan fingerprint density at radius 2 is 1.60 bits per heavy atom. The maximum absolute atomic E-state index is 13.9. The van der Waals surface area contributed by atoms with Gasteiger partial charge in [-0.15, -0.1) is 0 Å². The van der Waals surface area contributed by atoms with Crippen molar-refractivity contribution in [2.45, 2.75) is 62.9 Å². The van der Waals surface area contributed by atoms with Crippen molar-refractivity contribution in [3.8, 4) is 22.5 Å². The summed E-state index contributed by atoms with van der Waals surface area (Å²) >= 11 is 0. The molecule has 0 spiro atoms. The van der Waals surface area contributed by atoms with Gasteiger partial charge in [0.15, 0.2) is 21.1 Å². The number of nitrogens with zero attached hydrogens (tertiary/aromatic N) is 2. The highest BCUT2D eigenvalue weighted by Crippen LogP contribution is 2.46. The second kappa shape index (κ2) is 14.0. The molecule has 0 saturated carbocycles. The monoisotopic (exact) mass is 701 g/mol. The van der Waals surface area contributed by atoms with E-state index < -0.39 is 58.8 Å². The molecular weight excluding hydrogens is 663 g/mol. The minimum Gasteiger partial charge on any atom is -0.460 e. The van der Waals surface area contributed by atoms with Gasteiger partial charge in [-0.3, -0.25) is 23.7 Å². The van der Waals surface area contributed by atoms with Gasteiger partial charge in [-0.25, -0.2) is 0 Å². The highest BCUT2D eigenvalue weighted by atomic mass is 32.2. The molecule has 15 heteroatoms. The first-order valence-corrected chi connectivity index (χ1v) is 18.1. The van der Waals surface area contributed by atoms with Gasteiger partial charge in [-0.1, -0.05) is 18.2 Å². The Morgan fingerprint density at radius 3 is 2.21 bits per heavy atom. The van der Waals surface area contributed by atoms with Gasteiger partial charge < -0.3 is 19.4 Å². The zero-order valence-corrected chi connectivity index (χ0v) is 29.2. The smallest absolute Gasteiger partial charge is 0.306 e. The molecule has 4 rings (SSSR count). The van der Waals surface area contributed by atoms with Crippen LogP contribution in [0.5, 0.6) is 0 Å². The number of rotatable bonds is 11. The number of nitrogens with one attached hydrogen (secondary N) is 1. The molecule has 0 radical (unpaired) electrons. The largest absolute Gasteiger partial charge is 0.460 e. The number of hydrogen-bond donors (Lipinski definition) is 3. The van der Waals surface area contributed by atoms with Crippen LogP contribution < -0.4 is 10.7 Å². The molecule has 2 aliphatic rings. The molecule has 0 saturated heterocycles. The number of ether oxygens (including phenoxy) is 1. The summed E-state index contributed by atoms with van der Waals surface area (Å²) in [7, 11) is -8.44. The molecule has 1 amide bonds. The van der Waals surface area contributed by atoms with Crippen LogP contribution in [0.2, 0.25) is 0 Å². The Morgan fingerprint density at radius 1 is 0.938 bits per heavy atom. The molecule has 258 valence electrons. The van der Waals surface area contributed by atoms with Gasteiger partial charge in [0.05, 0.1) is 11.0 Å². The van der Waals surface area contributed by atoms with E-state index in [0.29, 0.717) is 6.42 Å². The number of anilines is 1. The van der Waals surface area contributed by atoms with Gasteiger partial charge in [0, 0.05) is 55.2 Å². The van der Waals surface area contributed by atoms with Crippen LogP contribution in [0.1, 0.15) is 57.8 Å². The lowest BCUT2D eigenvalue weighted by Gasteiger charge is -2.23. The molecule has 48 heavy (non-hydrogen) atoms. The number of benzene rings is 3. The summed E-state index contributed by atoms with van der Waals surface area (Å²) in [5, 5.41) is 2.86. The molecule has 13 nitrogen and oxygen atoms in total. The van der Waals surface area contributed by atoms with Gasteiger partial charge in [0.1, 0.15) is 5.60 Å². The molecule has 1 aliphatic carbocycles. The number of esters is 1. The van der Waals surface area contributed by atoms with E-state index in [0.717, 1.165) is 0 Å². The summed E-state index contributed by atoms with van der Waals surface area (Å²) in [4.78, 5) is 30.4. The molecule has 1 heterocycles. The van der Waals surface area contributed by atoms with Crippen LogP contribution in [0, 0.1) is 0 Å². The number of fused-ring (bicyclic) bond motifs is 2. The first kappa shape index (κ1) is 36.5. The van der Waals surface area contributed by atoms with Gasteiger partial charge >= 0.3 is 5.97 Å². The number of hydrogen-bond acceptors (Lipinski definition) is 10. The lowest BCUT2D eigenvalue weighted by molar-refractivity contribution is -0.154. The Bertz CT molecular complexity index is 2130. The zero-order chi connectivity index (χ0) is 35.6. The van der Waals surface area contributed by atoms with E-state index >= 15 is 0 Å². The topological polar surface area (TPSA) is 193 Å². The summed E-state index contributed by atoms with van der Waals surface area (Å²) in [6.07, 6.45) is 0.407. The highest BCUT2D eigenvalue weighted by Gasteiger charge is 2.32. The Hall–Kier alpha value is -4.31. The van der Waals surface area contributed by atoms with Crippen molar-refractivity contribution in [2.75, 3.05) is 32.0 Å². The first-order valence-electron chi connectivity index (χ1n) is 15.2. The van der Waals surface area contributed by atoms with Gasteiger partial charge in [0.25, 0.3) is 26.1 Å². The summed E-state index contributed by atoms with van der Waals surface area (Å²) < 4.78 is 83.5. The quantitative estimate of drug-likeness (QED) is 0.105. The van der Waals surface area contributed by atoms with Crippen LogP contribution in [0.4, 0.5) is 5.69 Å². The Labute approximate surface area is 279 Å². The van der Waals surface area contributed by atoms with Crippen molar-refractivity contribution in [2.24, 2.45) is 4.99 Å². The predicted octanol–water partition coefficient (Wildman–Crippen LogP) is 5.24. The fourth-order valence-electron chi connectivity index (χ4n) is 5.43. The summed E-state index contributed by atoms with van der Waals surface area (Å²) in [5.74, 6) is -1.27. The SMILES string of the molecule is CCN=c1ccc2c(-c3ccccc3C(=O)N(C)CCCC(=O)OC(C)(C)C)c3ccc(NCC)c(S(=O)(=O)O)c3oc-2c1S(=O)(=O)O. The maximum Gasteiger partial charge on any atom is 0.306 e. The van der Waals surface area contributed by atoms with Crippen LogP contribution in [0.25, 0.3) is 33.4 Å². The number of amides is 1. The standard InChI is InChI=1S/C33H39N3O10S2/c1-7-34-24-17-15-22-27(20-12-9-10-13-21(20)32(38)36(6)19-11-14-26(37)46-33(3,4)5)23-16-18-25(35-8-2)31(48(42,43)44)29(23)45-28(22)30(24)47(39,40)41/h9-10,12-13,15-18,34H,7-8,11,14,19H2,1-6H3,(H,39,40,41)(H,42,43,44). The molecule has 0 fully saturated rings. The molecule has 2 aromatic rings. The van der Waals surface area contributed by atoms with E-state index in [4.69, 9.17) is 9.15 Å². The van der Waals surface area contributed by atoms with E-state index in [1.54, 1.807) is 65.9 Å². The lowest BCUT2D eigenvalue weighted by atomic mass is 9.90. The van der Waals surface area contributed by atoms with Crippen molar-refractivity contribution >= 4 is 48.8 Å². The second-order valence-corrected chi connectivity index (χ2v) is 14.7. The second-order valence-electron chi connectivity index (χ2n) is 12.0. The first-order chi connectivity index (χ1) is 22.4. The van der Waals surface area contributed by atoms with Crippen LogP contribution in [-0.2, 0) is 29.8 Å². The molecule has 1 aliphatic heterocycles. The average Bonchev–Trinajstić information content (AvgIpc) is 2.97. The number of carbonyl (C=O) groups excluding carboxylic acids is 2. The molecule has 0 bridgehead atoms. The van der Waals surface area contributed by atoms with E-state index in [1.165, 1.54) is 29.2 Å². The number of carbonyl (C=O) groups is 2. The van der Waals surface area contributed by atoms with Gasteiger partial charge in [0.2, 0.25) is 0 Å². The molecule has 0 unspecified atom stereocenters. The maximum atomic E-state index is 13.9. The van der Waals surface area contributed by atoms with E-state index in [1.807, 2.05) is 0 Å². The summed E-state index contributed by atoms with van der Waals surface area (Å²) in [5.41, 5.74) is -0.288. The third-order valence-corrected chi connectivity index (χ3v) is 9.06. The van der Waals surface area contributed by atoms with Crippen LogP contribution in [-0.4, -0.2) is 75.0 Å². The van der Waals surface area contributed by atoms with E-state index in [2.05, 4.69) is 10.3 Å². The Kier molecular flexibility index (Phi) is 10.7. The molecule has 2 aromatic carbocycles. The summed E-state index contributed by atoms with van der Waals surface area (Å²) in [6, 6.07) is 12.3. The molecule has 0 aromatic heterocycles. The summed E-state index contributed by atoms with van der Waals surface area (Å²) in [6.45, 7) is 9.27. The van der Waals surface area contributed by atoms with E-state index in [9.17, 15) is 35.5 Å². The fourth-order valence-corrected chi connectivity index (χ4v) is 7.01. The predicted molar refractivity (Wildman–Crippen MR) is 180 cm³/mol. The van der Waals surface area contributed by atoms with Crippen molar-refractivity contribution in [3.05, 3.63) is 59.5 Å². The minimum absolute atomic E-state index is 0.0153. The van der Waals surface area contributed by atoms with E-state index in [-0.39, 0.29) is 64.7 Å². The lowest BCUT2D eigenvalue weighted by Crippen LogP contribution is -2.29. The molecule has 0 atom stereocenters. The van der Waals surface area contributed by atoms with Crippen LogP contribution in [0.3, 0.4) is 0 Å². The third kappa shape index (κ3) is 7.86. The molecular formula is C33H39N3O10S2. The zero-order valence-electron chi connectivity index (χ0n) is 27.5. The van der Waals surface area contributed by atoms with Gasteiger partial charge in [-0.05, 0) is 76.9 Å². The Balaban J connectivity index is 2.03. The average molecular weight is 702 g/mol. The molecule has 3 N–H and O–H groups in total. The van der Waals surface area contributed by atoms with Crippen molar-refractivity contribution in [3.63, 3.8) is 0 Å². The fraction of sp³-hybridized carbons (Fsp3) is 0.364. The van der Waals surface area contributed by atoms with Crippen LogP contribution in [0.15, 0.2) is 67.7 Å². The van der Waals surface area contributed by atoms with Gasteiger partial charge in [-0.2, -0.15) is 16.8 Å². The van der Waals surface area contributed by atoms with Crippen molar-refractivity contribution in [1.29, 1.82) is 0 Å². The van der Waals surface area contributed by atoms with Crippen molar-refractivity contribution in [1.82, 2.24) is 4.90 Å².